The van der Waals surface area contributed by atoms with Crippen LogP contribution < -0.4 is 5.73 Å². The fourth-order valence-electron chi connectivity index (χ4n) is 6.81. The molecule has 3 N–H and O–H groups in total. The van der Waals surface area contributed by atoms with Crippen molar-refractivity contribution < 1.29 is 5.11 Å². The molecule has 3 fully saturated rings. The highest BCUT2D eigenvalue weighted by Gasteiger charge is 2.59. The third-order valence-electron chi connectivity index (χ3n) is 8.17. The van der Waals surface area contributed by atoms with Gasteiger partial charge in [-0.25, -0.2) is 0 Å². The SMILES string of the molecule is C[C@]12C=CC(N)CC1CC[C@@H]1[C@H]2CC[C@]2(C)C(O)CC[C@@H]12. The number of rotatable bonds is 0. The van der Waals surface area contributed by atoms with E-state index in [2.05, 4.69) is 26.0 Å². The van der Waals surface area contributed by atoms with Crippen molar-refractivity contribution >= 4 is 0 Å². The lowest BCUT2D eigenvalue weighted by molar-refractivity contribution is -0.0951. The van der Waals surface area contributed by atoms with Crippen LogP contribution in [0.3, 0.4) is 0 Å². The predicted octanol–water partition coefficient (Wildman–Crippen LogP) is 3.49. The Hall–Kier alpha value is -0.340. The largest absolute Gasteiger partial charge is 0.393 e. The topological polar surface area (TPSA) is 46.2 Å². The Morgan fingerprint density at radius 3 is 2.67 bits per heavy atom. The van der Waals surface area contributed by atoms with E-state index in [-0.39, 0.29) is 17.6 Å². The zero-order chi connectivity index (χ0) is 14.8. The Bertz CT molecular complexity index is 460. The minimum atomic E-state index is -0.0516. The van der Waals surface area contributed by atoms with Gasteiger partial charge >= 0.3 is 0 Å². The molecular weight excluding hydrogens is 258 g/mol. The first-order valence-electron chi connectivity index (χ1n) is 9.08. The van der Waals surface area contributed by atoms with Crippen molar-refractivity contribution in [2.24, 2.45) is 40.2 Å². The van der Waals surface area contributed by atoms with E-state index in [4.69, 9.17) is 5.73 Å². The summed E-state index contributed by atoms with van der Waals surface area (Å²) in [6.45, 7) is 4.87. The molecule has 2 heteroatoms. The molecule has 4 aliphatic rings. The Morgan fingerprint density at radius 2 is 1.86 bits per heavy atom. The van der Waals surface area contributed by atoms with E-state index in [9.17, 15) is 5.11 Å². The molecule has 118 valence electrons. The summed E-state index contributed by atoms with van der Waals surface area (Å²) < 4.78 is 0. The molecule has 3 saturated carbocycles. The average Bonchev–Trinajstić information content (AvgIpc) is 2.76. The van der Waals surface area contributed by atoms with Gasteiger partial charge in [0.15, 0.2) is 0 Å². The van der Waals surface area contributed by atoms with Gasteiger partial charge in [-0.2, -0.15) is 0 Å². The van der Waals surface area contributed by atoms with Crippen LogP contribution in [-0.2, 0) is 0 Å². The van der Waals surface area contributed by atoms with Crippen molar-refractivity contribution in [3.8, 4) is 0 Å². The Morgan fingerprint density at radius 1 is 1.05 bits per heavy atom. The molecule has 4 aliphatic carbocycles. The second-order valence-corrected chi connectivity index (χ2v) is 8.91. The van der Waals surface area contributed by atoms with Crippen LogP contribution in [0.15, 0.2) is 12.2 Å². The second kappa shape index (κ2) is 4.58. The fraction of sp³-hybridized carbons (Fsp3) is 0.895. The molecule has 0 amide bonds. The minimum absolute atomic E-state index is 0.0516. The third kappa shape index (κ3) is 1.84. The summed E-state index contributed by atoms with van der Waals surface area (Å²) in [5.41, 5.74) is 6.75. The van der Waals surface area contributed by atoms with E-state index in [1.165, 1.54) is 38.5 Å². The van der Waals surface area contributed by atoms with E-state index in [1.807, 2.05) is 0 Å². The van der Waals surface area contributed by atoms with Crippen LogP contribution in [0.2, 0.25) is 0 Å². The van der Waals surface area contributed by atoms with E-state index < -0.39 is 0 Å². The normalized spacial score (nSPS) is 59.2. The average molecular weight is 289 g/mol. The van der Waals surface area contributed by atoms with Crippen molar-refractivity contribution in [1.82, 2.24) is 0 Å². The van der Waals surface area contributed by atoms with E-state index in [1.54, 1.807) is 0 Å². The quantitative estimate of drug-likeness (QED) is 0.671. The number of aliphatic hydroxyl groups is 1. The van der Waals surface area contributed by atoms with Crippen LogP contribution in [0.4, 0.5) is 0 Å². The van der Waals surface area contributed by atoms with Crippen LogP contribution in [-0.4, -0.2) is 17.3 Å². The molecule has 0 aromatic rings. The monoisotopic (exact) mass is 289 g/mol. The van der Waals surface area contributed by atoms with Crippen LogP contribution in [0.1, 0.15) is 58.8 Å². The maximum absolute atomic E-state index is 10.5. The zero-order valence-electron chi connectivity index (χ0n) is 13.6. The first-order valence-corrected chi connectivity index (χ1v) is 9.08. The highest BCUT2D eigenvalue weighted by molar-refractivity contribution is 5.17. The molecule has 0 aliphatic heterocycles. The van der Waals surface area contributed by atoms with Crippen molar-refractivity contribution in [3.05, 3.63) is 12.2 Å². The van der Waals surface area contributed by atoms with Crippen molar-refractivity contribution in [1.29, 1.82) is 0 Å². The van der Waals surface area contributed by atoms with Gasteiger partial charge in [0.1, 0.15) is 0 Å². The summed E-state index contributed by atoms with van der Waals surface area (Å²) in [4.78, 5) is 0. The van der Waals surface area contributed by atoms with Crippen LogP contribution in [0, 0.1) is 34.5 Å². The predicted molar refractivity (Wildman–Crippen MR) is 85.6 cm³/mol. The lowest BCUT2D eigenvalue weighted by Crippen LogP contribution is -2.53. The Labute approximate surface area is 129 Å². The zero-order valence-corrected chi connectivity index (χ0v) is 13.6. The van der Waals surface area contributed by atoms with Gasteiger partial charge in [0.2, 0.25) is 0 Å². The number of fused-ring (bicyclic) bond motifs is 5. The van der Waals surface area contributed by atoms with Gasteiger partial charge in [0.25, 0.3) is 0 Å². The van der Waals surface area contributed by atoms with Crippen LogP contribution in [0.25, 0.3) is 0 Å². The maximum atomic E-state index is 10.5. The molecular formula is C19H31NO. The molecule has 0 radical (unpaired) electrons. The number of allylic oxidation sites excluding steroid dienone is 1. The maximum Gasteiger partial charge on any atom is 0.0596 e. The van der Waals surface area contributed by atoms with E-state index in [0.29, 0.717) is 5.41 Å². The molecule has 2 nitrogen and oxygen atoms in total. The molecule has 0 spiro atoms. The Balaban J connectivity index is 1.67. The summed E-state index contributed by atoms with van der Waals surface area (Å²) in [7, 11) is 0. The van der Waals surface area contributed by atoms with Gasteiger partial charge in [-0.3, -0.25) is 0 Å². The second-order valence-electron chi connectivity index (χ2n) is 8.91. The lowest BCUT2D eigenvalue weighted by Gasteiger charge is -2.59. The summed E-state index contributed by atoms with van der Waals surface area (Å²) >= 11 is 0. The van der Waals surface area contributed by atoms with Gasteiger partial charge in [-0.15, -0.1) is 0 Å². The Kier molecular flexibility index (Phi) is 3.11. The van der Waals surface area contributed by atoms with Crippen molar-refractivity contribution in [2.75, 3.05) is 0 Å². The van der Waals surface area contributed by atoms with Crippen molar-refractivity contribution in [3.63, 3.8) is 0 Å². The first-order chi connectivity index (χ1) is 9.95. The minimum Gasteiger partial charge on any atom is -0.393 e. The van der Waals surface area contributed by atoms with Gasteiger partial charge in [-0.1, -0.05) is 26.0 Å². The smallest absolute Gasteiger partial charge is 0.0596 e. The van der Waals surface area contributed by atoms with Crippen molar-refractivity contribution in [2.45, 2.75) is 70.9 Å². The molecule has 3 unspecified atom stereocenters. The fourth-order valence-corrected chi connectivity index (χ4v) is 6.81. The van der Waals surface area contributed by atoms with Gasteiger partial charge in [0.05, 0.1) is 6.10 Å². The van der Waals surface area contributed by atoms with E-state index in [0.717, 1.165) is 30.1 Å². The summed E-state index contributed by atoms with van der Waals surface area (Å²) in [5, 5.41) is 10.5. The lowest BCUT2D eigenvalue weighted by atomic mass is 9.46. The number of hydrogen-bond donors (Lipinski definition) is 2. The molecule has 0 aromatic heterocycles. The molecule has 21 heavy (non-hydrogen) atoms. The summed E-state index contributed by atoms with van der Waals surface area (Å²) in [5.74, 6) is 3.20. The standard InChI is InChI=1S/C19H31NO/c1-18-9-7-13(20)11-12(18)3-4-14-15-5-6-17(21)19(15,2)10-8-16(14)18/h7,9,12-17,21H,3-6,8,10-11,20H2,1-2H3/t12?,13?,14-,15-,16+,17?,18-,19-/m0/s1. The van der Waals surface area contributed by atoms with Crippen LogP contribution >= 0.6 is 0 Å². The van der Waals surface area contributed by atoms with Crippen LogP contribution in [0.5, 0.6) is 0 Å². The molecule has 8 atom stereocenters. The van der Waals surface area contributed by atoms with E-state index >= 15 is 0 Å². The number of nitrogens with two attached hydrogens (primary N) is 1. The van der Waals surface area contributed by atoms with Gasteiger partial charge in [0, 0.05) is 6.04 Å². The summed E-state index contributed by atoms with van der Waals surface area (Å²) in [6.07, 6.45) is 13.4. The third-order valence-corrected chi connectivity index (χ3v) is 8.17. The first kappa shape index (κ1) is 14.3. The molecule has 0 aromatic carbocycles. The highest BCUT2D eigenvalue weighted by Crippen LogP contribution is 2.65. The molecule has 0 saturated heterocycles. The highest BCUT2D eigenvalue weighted by atomic mass is 16.3. The molecule has 4 rings (SSSR count). The van der Waals surface area contributed by atoms with Gasteiger partial charge < -0.3 is 10.8 Å². The molecule has 0 heterocycles. The summed E-state index contributed by atoms with van der Waals surface area (Å²) in [6, 6.07) is 0.279. The number of hydrogen-bond acceptors (Lipinski definition) is 2. The molecule has 0 bridgehead atoms. The number of aliphatic hydroxyl groups excluding tert-OH is 1. The van der Waals surface area contributed by atoms with Gasteiger partial charge in [-0.05, 0) is 79.4 Å².